The molecule has 7 heteroatoms. The van der Waals surface area contributed by atoms with Gasteiger partial charge in [-0.05, 0) is 18.2 Å². The van der Waals surface area contributed by atoms with Crippen LogP contribution in [-0.2, 0) is 23.1 Å². The molecule has 4 rings (SSSR count). The molecule has 1 aliphatic heterocycles. The number of methoxy groups -OCH3 is 1. The first-order chi connectivity index (χ1) is 12.7. The van der Waals surface area contributed by atoms with Crippen molar-refractivity contribution < 1.29 is 14.3 Å². The quantitative estimate of drug-likeness (QED) is 0.660. The van der Waals surface area contributed by atoms with Gasteiger partial charge in [-0.3, -0.25) is 4.90 Å². The number of aryl methyl sites for hydroxylation is 1. The van der Waals surface area contributed by atoms with Gasteiger partial charge in [0.15, 0.2) is 0 Å². The highest BCUT2D eigenvalue weighted by Crippen LogP contribution is 2.30. The Kier molecular flexibility index (Phi) is 4.76. The van der Waals surface area contributed by atoms with Crippen molar-refractivity contribution in [3.05, 3.63) is 41.0 Å². The van der Waals surface area contributed by atoms with E-state index in [0.717, 1.165) is 60.0 Å². The Morgan fingerprint density at radius 3 is 2.92 bits per heavy atom. The van der Waals surface area contributed by atoms with E-state index in [-0.39, 0.29) is 5.97 Å². The maximum absolute atomic E-state index is 12.0. The van der Waals surface area contributed by atoms with Gasteiger partial charge in [-0.25, -0.2) is 9.78 Å². The molecule has 0 atom stereocenters. The highest BCUT2D eigenvalue weighted by Gasteiger charge is 2.17. The molecule has 2 aromatic heterocycles. The lowest BCUT2D eigenvalue weighted by molar-refractivity contribution is 0.0337. The van der Waals surface area contributed by atoms with E-state index in [9.17, 15) is 4.79 Å². The van der Waals surface area contributed by atoms with Gasteiger partial charge < -0.3 is 14.0 Å². The summed E-state index contributed by atoms with van der Waals surface area (Å²) in [5.41, 5.74) is 3.68. The van der Waals surface area contributed by atoms with Crippen molar-refractivity contribution >= 4 is 28.2 Å². The Morgan fingerprint density at radius 2 is 2.15 bits per heavy atom. The molecule has 1 aliphatic rings. The summed E-state index contributed by atoms with van der Waals surface area (Å²) < 4.78 is 12.2. The second-order valence-corrected chi connectivity index (χ2v) is 7.27. The number of rotatable bonds is 4. The van der Waals surface area contributed by atoms with Crippen molar-refractivity contribution in [2.24, 2.45) is 7.05 Å². The fourth-order valence-electron chi connectivity index (χ4n) is 3.30. The zero-order valence-corrected chi connectivity index (χ0v) is 15.7. The van der Waals surface area contributed by atoms with Crippen LogP contribution in [0.4, 0.5) is 0 Å². The van der Waals surface area contributed by atoms with Crippen molar-refractivity contribution in [2.75, 3.05) is 33.4 Å². The third-order valence-electron chi connectivity index (χ3n) is 4.68. The predicted molar refractivity (Wildman–Crippen MR) is 101 cm³/mol. The summed E-state index contributed by atoms with van der Waals surface area (Å²) in [5, 5.41) is 3.97. The minimum Gasteiger partial charge on any atom is -0.465 e. The molecular formula is C19H21N3O3S. The van der Waals surface area contributed by atoms with Crippen molar-refractivity contribution in [1.82, 2.24) is 14.5 Å². The van der Waals surface area contributed by atoms with Crippen molar-refractivity contribution in [2.45, 2.75) is 6.54 Å². The molecule has 0 unspecified atom stereocenters. The van der Waals surface area contributed by atoms with Crippen LogP contribution in [-0.4, -0.2) is 53.8 Å². The predicted octanol–water partition coefficient (Wildman–Crippen LogP) is 2.92. The van der Waals surface area contributed by atoms with Crippen LogP contribution < -0.4 is 0 Å². The van der Waals surface area contributed by atoms with E-state index in [1.807, 2.05) is 29.9 Å². The van der Waals surface area contributed by atoms with Crippen LogP contribution >= 0.6 is 11.3 Å². The number of ether oxygens (including phenoxy) is 2. The number of carbonyl (C=O) groups excluding carboxylic acids is 1. The molecule has 26 heavy (non-hydrogen) atoms. The molecular weight excluding hydrogens is 350 g/mol. The van der Waals surface area contributed by atoms with E-state index >= 15 is 0 Å². The summed E-state index contributed by atoms with van der Waals surface area (Å²) in [6, 6.07) is 6.11. The van der Waals surface area contributed by atoms with Crippen molar-refractivity contribution in [3.63, 3.8) is 0 Å². The normalized spacial score (nSPS) is 15.5. The van der Waals surface area contributed by atoms with E-state index in [4.69, 9.17) is 14.5 Å². The van der Waals surface area contributed by atoms with Gasteiger partial charge in [0.25, 0.3) is 0 Å². The first-order valence-electron chi connectivity index (χ1n) is 8.58. The lowest BCUT2D eigenvalue weighted by Gasteiger charge is -2.25. The molecule has 0 saturated carbocycles. The summed E-state index contributed by atoms with van der Waals surface area (Å²) in [5.74, 6) is -0.320. The molecule has 0 spiro atoms. The van der Waals surface area contributed by atoms with Crippen LogP contribution in [0.5, 0.6) is 0 Å². The Labute approximate surface area is 156 Å². The molecule has 3 heterocycles. The molecule has 1 aromatic carbocycles. The molecule has 0 bridgehead atoms. The summed E-state index contributed by atoms with van der Waals surface area (Å²) in [6.07, 6.45) is 1.81. The van der Waals surface area contributed by atoms with Gasteiger partial charge >= 0.3 is 5.97 Å². The maximum atomic E-state index is 12.0. The molecule has 0 N–H and O–H groups in total. The number of carbonyl (C=O) groups is 1. The molecule has 6 nitrogen and oxygen atoms in total. The van der Waals surface area contributed by atoms with Gasteiger partial charge in [-0.1, -0.05) is 0 Å². The number of benzene rings is 1. The minimum absolute atomic E-state index is 0.320. The first kappa shape index (κ1) is 17.2. The molecule has 1 saturated heterocycles. The minimum atomic E-state index is -0.320. The van der Waals surface area contributed by atoms with Gasteiger partial charge in [-0.2, -0.15) is 0 Å². The molecule has 136 valence electrons. The second-order valence-electron chi connectivity index (χ2n) is 6.41. The Morgan fingerprint density at radius 1 is 1.35 bits per heavy atom. The molecule has 0 radical (unpaired) electrons. The number of aromatic nitrogens is 2. The van der Waals surface area contributed by atoms with Gasteiger partial charge in [0.1, 0.15) is 5.01 Å². The third-order valence-corrected chi connectivity index (χ3v) is 5.62. The smallest absolute Gasteiger partial charge is 0.340 e. The number of fused-ring (bicyclic) bond motifs is 1. The Bertz CT molecular complexity index is 941. The van der Waals surface area contributed by atoms with Gasteiger partial charge in [-0.15, -0.1) is 11.3 Å². The summed E-state index contributed by atoms with van der Waals surface area (Å²) in [7, 11) is 3.34. The van der Waals surface area contributed by atoms with Gasteiger partial charge in [0.05, 0.1) is 31.6 Å². The van der Waals surface area contributed by atoms with Crippen LogP contribution in [0.3, 0.4) is 0 Å². The molecule has 1 fully saturated rings. The van der Waals surface area contributed by atoms with Crippen LogP contribution in [0, 0.1) is 0 Å². The number of esters is 1. The van der Waals surface area contributed by atoms with E-state index in [0.29, 0.717) is 5.56 Å². The van der Waals surface area contributed by atoms with Crippen LogP contribution in [0.15, 0.2) is 29.8 Å². The van der Waals surface area contributed by atoms with Crippen LogP contribution in [0.1, 0.15) is 16.1 Å². The maximum Gasteiger partial charge on any atom is 0.340 e. The first-order valence-corrected chi connectivity index (χ1v) is 9.46. The fourth-order valence-corrected chi connectivity index (χ4v) is 4.11. The highest BCUT2D eigenvalue weighted by molar-refractivity contribution is 7.13. The van der Waals surface area contributed by atoms with Gasteiger partial charge in [0.2, 0.25) is 0 Å². The summed E-state index contributed by atoms with van der Waals surface area (Å²) in [6.45, 7) is 4.33. The summed E-state index contributed by atoms with van der Waals surface area (Å²) >= 11 is 1.63. The van der Waals surface area contributed by atoms with E-state index in [1.54, 1.807) is 11.3 Å². The molecule has 0 amide bonds. The van der Waals surface area contributed by atoms with Crippen molar-refractivity contribution in [3.8, 4) is 10.6 Å². The van der Waals surface area contributed by atoms with E-state index in [1.165, 1.54) is 7.11 Å². The number of hydrogen-bond donors (Lipinski definition) is 0. The van der Waals surface area contributed by atoms with Crippen LogP contribution in [0.2, 0.25) is 0 Å². The number of morpholine rings is 1. The van der Waals surface area contributed by atoms with Crippen molar-refractivity contribution in [1.29, 1.82) is 0 Å². The van der Waals surface area contributed by atoms with E-state index < -0.39 is 0 Å². The zero-order chi connectivity index (χ0) is 18.1. The average molecular weight is 371 g/mol. The number of thiazole rings is 1. The average Bonchev–Trinajstić information content (AvgIpc) is 3.26. The monoisotopic (exact) mass is 371 g/mol. The third kappa shape index (κ3) is 3.25. The fraction of sp³-hybridized carbons (Fsp3) is 0.368. The zero-order valence-electron chi connectivity index (χ0n) is 14.9. The van der Waals surface area contributed by atoms with E-state index in [2.05, 4.69) is 16.3 Å². The highest BCUT2D eigenvalue weighted by atomic mass is 32.1. The standard InChI is InChI=1S/C19H21N3O3S/c1-21-11-16(19(23)24-2)15-9-13(3-4-17(15)21)18-20-14(12-26-18)10-22-5-7-25-8-6-22/h3-4,9,11-12H,5-8,10H2,1-2H3. The Hall–Kier alpha value is -2.22. The molecule has 3 aromatic rings. The van der Waals surface area contributed by atoms with Gasteiger partial charge in [0, 0.05) is 54.7 Å². The Balaban J connectivity index is 1.63. The molecule has 0 aliphatic carbocycles. The van der Waals surface area contributed by atoms with Crippen LogP contribution in [0.25, 0.3) is 21.5 Å². The lowest BCUT2D eigenvalue weighted by atomic mass is 10.1. The number of hydrogen-bond acceptors (Lipinski definition) is 6. The number of nitrogens with zero attached hydrogens (tertiary/aromatic N) is 3. The SMILES string of the molecule is COC(=O)c1cn(C)c2ccc(-c3nc(CN4CCOCC4)cs3)cc12. The largest absolute Gasteiger partial charge is 0.465 e. The lowest BCUT2D eigenvalue weighted by Crippen LogP contribution is -2.35. The topological polar surface area (TPSA) is 56.6 Å². The second kappa shape index (κ2) is 7.19. The summed E-state index contributed by atoms with van der Waals surface area (Å²) in [4.78, 5) is 19.2.